The number of carbonyl (C=O) groups excluding carboxylic acids is 1. The van der Waals surface area contributed by atoms with Crippen molar-refractivity contribution in [2.24, 2.45) is 0 Å². The molecule has 2 aliphatic heterocycles. The molecule has 0 radical (unpaired) electrons. The van der Waals surface area contributed by atoms with E-state index in [0.29, 0.717) is 0 Å². The van der Waals surface area contributed by atoms with Gasteiger partial charge in [-0.1, -0.05) is 11.8 Å². The summed E-state index contributed by atoms with van der Waals surface area (Å²) in [5.74, 6) is 0.793. The van der Waals surface area contributed by atoms with Gasteiger partial charge in [-0.25, -0.2) is 0 Å². The molecule has 6 nitrogen and oxygen atoms in total. The Kier molecular flexibility index (Phi) is 4.75. The SMILES string of the molecule is CC(=O)NC1(NCC2CCCO2)NC(C)(c2cncs2)CS1. The highest BCUT2D eigenvalue weighted by atomic mass is 32.2. The highest BCUT2D eigenvalue weighted by Crippen LogP contribution is 2.39. The first-order valence-corrected chi connectivity index (χ1v) is 9.36. The summed E-state index contributed by atoms with van der Waals surface area (Å²) in [6.45, 7) is 5.24. The van der Waals surface area contributed by atoms with Gasteiger partial charge < -0.3 is 10.1 Å². The van der Waals surface area contributed by atoms with E-state index in [0.717, 1.165) is 31.7 Å². The fourth-order valence-corrected chi connectivity index (χ4v) is 5.12. The topological polar surface area (TPSA) is 75.3 Å². The monoisotopic (exact) mass is 342 g/mol. The Labute approximate surface area is 138 Å². The van der Waals surface area contributed by atoms with Crippen molar-refractivity contribution >= 4 is 29.0 Å². The molecular formula is C14H22N4O2S2. The van der Waals surface area contributed by atoms with Gasteiger partial charge in [-0.05, 0) is 19.8 Å². The first-order chi connectivity index (χ1) is 10.5. The average molecular weight is 342 g/mol. The Morgan fingerprint density at radius 2 is 2.50 bits per heavy atom. The molecule has 0 aliphatic carbocycles. The minimum absolute atomic E-state index is 0.0617. The third-order valence-electron chi connectivity index (χ3n) is 3.96. The highest BCUT2D eigenvalue weighted by molar-refractivity contribution is 8.00. The lowest BCUT2D eigenvalue weighted by Gasteiger charge is -2.34. The van der Waals surface area contributed by atoms with Crippen LogP contribution >= 0.6 is 23.1 Å². The smallest absolute Gasteiger partial charge is 0.219 e. The molecule has 8 heteroatoms. The normalized spacial score (nSPS) is 34.9. The van der Waals surface area contributed by atoms with Crippen molar-refractivity contribution in [1.29, 1.82) is 0 Å². The molecule has 3 N–H and O–H groups in total. The van der Waals surface area contributed by atoms with Crippen molar-refractivity contribution in [2.75, 3.05) is 18.9 Å². The molecule has 1 aromatic rings. The van der Waals surface area contributed by atoms with Crippen molar-refractivity contribution in [3.63, 3.8) is 0 Å². The molecule has 3 unspecified atom stereocenters. The summed E-state index contributed by atoms with van der Waals surface area (Å²) in [4.78, 5) is 17.0. The van der Waals surface area contributed by atoms with E-state index in [-0.39, 0.29) is 17.6 Å². The Balaban J connectivity index is 1.71. The summed E-state index contributed by atoms with van der Waals surface area (Å²) in [7, 11) is 0. The van der Waals surface area contributed by atoms with Gasteiger partial charge in [0.05, 0.1) is 17.2 Å². The predicted molar refractivity (Wildman–Crippen MR) is 88.6 cm³/mol. The summed E-state index contributed by atoms with van der Waals surface area (Å²) >= 11 is 3.31. The summed E-state index contributed by atoms with van der Waals surface area (Å²) in [6.07, 6.45) is 4.30. The maximum atomic E-state index is 11.7. The van der Waals surface area contributed by atoms with E-state index >= 15 is 0 Å². The standard InChI is InChI=1S/C14H22N4O2S2/c1-10(19)17-14(16-6-11-4-3-5-20-11)18-13(2,8-22-14)12-7-15-9-21-12/h7,9,11,16,18H,3-6,8H2,1-2H3,(H,17,19). The minimum atomic E-state index is -0.656. The fraction of sp³-hybridized carbons (Fsp3) is 0.714. The summed E-state index contributed by atoms with van der Waals surface area (Å²) in [6, 6.07) is 0. The molecule has 0 saturated carbocycles. The van der Waals surface area contributed by atoms with Gasteiger partial charge in [0, 0.05) is 36.9 Å². The number of nitrogens with zero attached hydrogens (tertiary/aromatic N) is 1. The van der Waals surface area contributed by atoms with Crippen LogP contribution < -0.4 is 16.0 Å². The van der Waals surface area contributed by atoms with Crippen LogP contribution in [-0.4, -0.2) is 41.0 Å². The van der Waals surface area contributed by atoms with E-state index in [2.05, 4.69) is 27.9 Å². The molecule has 0 aromatic carbocycles. The number of ether oxygens (including phenoxy) is 1. The molecule has 1 aromatic heterocycles. The molecule has 122 valence electrons. The maximum absolute atomic E-state index is 11.7. The molecule has 3 rings (SSSR count). The zero-order valence-corrected chi connectivity index (χ0v) is 14.5. The van der Waals surface area contributed by atoms with Crippen LogP contribution in [0.25, 0.3) is 0 Å². The number of amides is 1. The number of nitrogens with one attached hydrogen (secondary N) is 3. The van der Waals surface area contributed by atoms with Gasteiger partial charge in [-0.15, -0.1) is 11.3 Å². The largest absolute Gasteiger partial charge is 0.377 e. The fourth-order valence-electron chi connectivity index (χ4n) is 2.85. The van der Waals surface area contributed by atoms with Crippen molar-refractivity contribution in [1.82, 2.24) is 20.9 Å². The van der Waals surface area contributed by atoms with Crippen LogP contribution in [0.5, 0.6) is 0 Å². The first kappa shape index (κ1) is 16.2. The van der Waals surface area contributed by atoms with Gasteiger partial charge in [0.25, 0.3) is 0 Å². The highest BCUT2D eigenvalue weighted by Gasteiger charge is 2.48. The van der Waals surface area contributed by atoms with E-state index in [4.69, 9.17) is 4.74 Å². The van der Waals surface area contributed by atoms with Crippen LogP contribution in [0.4, 0.5) is 0 Å². The number of thioether (sulfide) groups is 1. The quantitative estimate of drug-likeness (QED) is 0.699. The molecule has 0 bridgehead atoms. The Bertz CT molecular complexity index is 521. The van der Waals surface area contributed by atoms with Crippen molar-refractivity contribution in [3.05, 3.63) is 16.6 Å². The number of rotatable bonds is 5. The van der Waals surface area contributed by atoms with E-state index in [1.54, 1.807) is 30.0 Å². The number of aromatic nitrogens is 1. The lowest BCUT2D eigenvalue weighted by molar-refractivity contribution is -0.120. The second-order valence-electron chi connectivity index (χ2n) is 5.99. The third-order valence-corrected chi connectivity index (χ3v) is 6.50. The molecule has 22 heavy (non-hydrogen) atoms. The van der Waals surface area contributed by atoms with Gasteiger partial charge >= 0.3 is 0 Å². The van der Waals surface area contributed by atoms with Gasteiger partial charge in [-0.2, -0.15) is 0 Å². The molecule has 2 fully saturated rings. The second-order valence-corrected chi connectivity index (χ2v) is 8.07. The van der Waals surface area contributed by atoms with Crippen LogP contribution in [0.2, 0.25) is 0 Å². The number of carbonyl (C=O) groups is 1. The third kappa shape index (κ3) is 3.46. The van der Waals surface area contributed by atoms with Crippen molar-refractivity contribution in [2.45, 2.75) is 43.5 Å². The second kappa shape index (κ2) is 6.45. The number of hydrogen-bond acceptors (Lipinski definition) is 7. The Morgan fingerprint density at radius 1 is 1.64 bits per heavy atom. The Morgan fingerprint density at radius 3 is 3.14 bits per heavy atom. The summed E-state index contributed by atoms with van der Waals surface area (Å²) < 4.78 is 5.67. The van der Waals surface area contributed by atoms with Crippen LogP contribution in [0, 0.1) is 0 Å². The predicted octanol–water partition coefficient (Wildman–Crippen LogP) is 1.21. The maximum Gasteiger partial charge on any atom is 0.219 e. The van der Waals surface area contributed by atoms with Gasteiger partial charge in [0.2, 0.25) is 5.91 Å². The van der Waals surface area contributed by atoms with Gasteiger partial charge in [0.1, 0.15) is 0 Å². The Hall–Kier alpha value is -0.670. The van der Waals surface area contributed by atoms with Crippen LogP contribution in [0.1, 0.15) is 31.6 Å². The molecule has 2 saturated heterocycles. The molecule has 3 heterocycles. The molecular weight excluding hydrogens is 320 g/mol. The minimum Gasteiger partial charge on any atom is -0.377 e. The van der Waals surface area contributed by atoms with Gasteiger partial charge in [-0.3, -0.25) is 20.4 Å². The van der Waals surface area contributed by atoms with E-state index in [1.165, 1.54) is 4.88 Å². The molecule has 0 spiro atoms. The molecule has 2 aliphatic rings. The zero-order chi connectivity index (χ0) is 15.6. The van der Waals surface area contributed by atoms with Crippen LogP contribution in [0.3, 0.4) is 0 Å². The van der Waals surface area contributed by atoms with Crippen molar-refractivity contribution < 1.29 is 9.53 Å². The first-order valence-electron chi connectivity index (χ1n) is 7.49. The lowest BCUT2D eigenvalue weighted by Crippen LogP contribution is -2.66. The molecule has 3 atom stereocenters. The lowest BCUT2D eigenvalue weighted by atomic mass is 10.0. The van der Waals surface area contributed by atoms with Crippen LogP contribution in [0.15, 0.2) is 11.7 Å². The zero-order valence-electron chi connectivity index (χ0n) is 12.8. The van der Waals surface area contributed by atoms with Gasteiger partial charge in [0.15, 0.2) is 5.12 Å². The van der Waals surface area contributed by atoms with Crippen LogP contribution in [-0.2, 0) is 15.1 Å². The average Bonchev–Trinajstić information content (AvgIpc) is 3.18. The molecule has 1 amide bonds. The van der Waals surface area contributed by atoms with E-state index in [1.807, 2.05) is 11.7 Å². The number of thiazole rings is 1. The van der Waals surface area contributed by atoms with E-state index in [9.17, 15) is 4.79 Å². The number of hydrogen-bond donors (Lipinski definition) is 3. The summed E-state index contributed by atoms with van der Waals surface area (Å²) in [5.41, 5.74) is 1.63. The van der Waals surface area contributed by atoms with E-state index < -0.39 is 5.12 Å². The van der Waals surface area contributed by atoms with Crippen molar-refractivity contribution in [3.8, 4) is 0 Å². The summed E-state index contributed by atoms with van der Waals surface area (Å²) in [5, 5.41) is 9.41.